The maximum absolute atomic E-state index is 9.68. The van der Waals surface area contributed by atoms with Crippen LogP contribution in [0.5, 0.6) is 11.5 Å². The van der Waals surface area contributed by atoms with Crippen LogP contribution in [0.2, 0.25) is 0 Å². The Morgan fingerprint density at radius 2 is 1.93 bits per heavy atom. The molecule has 1 aromatic rings. The standard InChI is InChI=1S/C10H14BrNO3/c1-14-9-4-7(11)10(15-2)3-6(9)8(13)5-12/h3-4,8,13H,5,12H2,1-2H3/t8-/m1/s1. The van der Waals surface area contributed by atoms with Gasteiger partial charge in [-0.05, 0) is 28.1 Å². The number of hydrogen-bond donors (Lipinski definition) is 2. The molecule has 0 aliphatic carbocycles. The van der Waals surface area contributed by atoms with Crippen LogP contribution in [0.3, 0.4) is 0 Å². The number of aliphatic hydroxyl groups is 1. The van der Waals surface area contributed by atoms with Crippen molar-refractivity contribution >= 4 is 15.9 Å². The van der Waals surface area contributed by atoms with Crippen molar-refractivity contribution in [2.24, 2.45) is 5.73 Å². The molecule has 1 aromatic carbocycles. The summed E-state index contributed by atoms with van der Waals surface area (Å²) in [4.78, 5) is 0. The van der Waals surface area contributed by atoms with Crippen LogP contribution < -0.4 is 15.2 Å². The minimum atomic E-state index is -0.748. The molecule has 3 N–H and O–H groups in total. The van der Waals surface area contributed by atoms with Gasteiger partial charge in [-0.25, -0.2) is 0 Å². The van der Waals surface area contributed by atoms with E-state index in [0.29, 0.717) is 17.1 Å². The highest BCUT2D eigenvalue weighted by Crippen LogP contribution is 2.35. The molecule has 0 amide bonds. The van der Waals surface area contributed by atoms with Gasteiger partial charge >= 0.3 is 0 Å². The molecular formula is C10H14BrNO3. The zero-order valence-corrected chi connectivity index (χ0v) is 10.2. The Labute approximate surface area is 97.1 Å². The molecular weight excluding hydrogens is 262 g/mol. The average Bonchev–Trinajstić information content (AvgIpc) is 2.27. The summed E-state index contributed by atoms with van der Waals surface area (Å²) >= 11 is 3.34. The molecule has 5 heteroatoms. The van der Waals surface area contributed by atoms with Crippen LogP contribution >= 0.6 is 15.9 Å². The van der Waals surface area contributed by atoms with E-state index in [2.05, 4.69) is 15.9 Å². The predicted octanol–water partition coefficient (Wildman–Crippen LogP) is 1.46. The maximum Gasteiger partial charge on any atom is 0.133 e. The third-order valence-corrected chi connectivity index (χ3v) is 2.71. The Kier molecular flexibility index (Phi) is 4.38. The van der Waals surface area contributed by atoms with Gasteiger partial charge in [0.05, 0.1) is 24.8 Å². The van der Waals surface area contributed by atoms with Crippen molar-refractivity contribution in [3.05, 3.63) is 22.2 Å². The number of nitrogens with two attached hydrogens (primary N) is 1. The van der Waals surface area contributed by atoms with Crippen molar-refractivity contribution in [3.8, 4) is 11.5 Å². The first-order chi connectivity index (χ1) is 7.13. The highest BCUT2D eigenvalue weighted by Gasteiger charge is 2.15. The number of methoxy groups -OCH3 is 2. The van der Waals surface area contributed by atoms with E-state index in [1.54, 1.807) is 26.4 Å². The lowest BCUT2D eigenvalue weighted by Crippen LogP contribution is -2.12. The van der Waals surface area contributed by atoms with Gasteiger partial charge < -0.3 is 20.3 Å². The molecule has 0 heterocycles. The summed E-state index contributed by atoms with van der Waals surface area (Å²) in [5.74, 6) is 1.22. The number of halogens is 1. The van der Waals surface area contributed by atoms with Crippen molar-refractivity contribution in [1.82, 2.24) is 0 Å². The van der Waals surface area contributed by atoms with E-state index >= 15 is 0 Å². The summed E-state index contributed by atoms with van der Waals surface area (Å²) in [6, 6.07) is 3.45. The van der Waals surface area contributed by atoms with E-state index < -0.39 is 6.10 Å². The Morgan fingerprint density at radius 1 is 1.33 bits per heavy atom. The summed E-state index contributed by atoms with van der Waals surface area (Å²) in [6.45, 7) is 0.140. The molecule has 0 fully saturated rings. The molecule has 0 radical (unpaired) electrons. The van der Waals surface area contributed by atoms with Crippen molar-refractivity contribution in [1.29, 1.82) is 0 Å². The van der Waals surface area contributed by atoms with Crippen LogP contribution in [0.1, 0.15) is 11.7 Å². The lowest BCUT2D eigenvalue weighted by Gasteiger charge is -2.15. The number of ether oxygens (including phenoxy) is 2. The second-order valence-electron chi connectivity index (χ2n) is 2.98. The van der Waals surface area contributed by atoms with Gasteiger partial charge in [0.1, 0.15) is 11.5 Å². The minimum Gasteiger partial charge on any atom is -0.496 e. The van der Waals surface area contributed by atoms with Crippen LogP contribution in [-0.4, -0.2) is 25.9 Å². The molecule has 0 bridgehead atoms. The van der Waals surface area contributed by atoms with Crippen LogP contribution in [0.4, 0.5) is 0 Å². The van der Waals surface area contributed by atoms with Gasteiger partial charge in [0, 0.05) is 12.1 Å². The molecule has 1 rings (SSSR count). The first-order valence-corrected chi connectivity index (χ1v) is 5.22. The maximum atomic E-state index is 9.68. The van der Waals surface area contributed by atoms with Crippen LogP contribution in [0.15, 0.2) is 16.6 Å². The Balaban J connectivity index is 3.22. The van der Waals surface area contributed by atoms with E-state index in [1.165, 1.54) is 0 Å². The topological polar surface area (TPSA) is 64.7 Å². The molecule has 4 nitrogen and oxygen atoms in total. The molecule has 0 aliphatic rings. The highest BCUT2D eigenvalue weighted by atomic mass is 79.9. The van der Waals surface area contributed by atoms with Gasteiger partial charge in [0.15, 0.2) is 0 Å². The summed E-state index contributed by atoms with van der Waals surface area (Å²) in [7, 11) is 3.10. The molecule has 0 aromatic heterocycles. The van der Waals surface area contributed by atoms with Gasteiger partial charge in [-0.15, -0.1) is 0 Å². The van der Waals surface area contributed by atoms with Crippen molar-refractivity contribution in [2.45, 2.75) is 6.10 Å². The lowest BCUT2D eigenvalue weighted by molar-refractivity contribution is 0.181. The zero-order valence-electron chi connectivity index (χ0n) is 8.66. The second kappa shape index (κ2) is 5.34. The van der Waals surface area contributed by atoms with Gasteiger partial charge in [0.25, 0.3) is 0 Å². The molecule has 1 atom stereocenters. The van der Waals surface area contributed by atoms with Gasteiger partial charge in [-0.2, -0.15) is 0 Å². The summed E-state index contributed by atoms with van der Waals surface area (Å²) in [5.41, 5.74) is 6.02. The first-order valence-electron chi connectivity index (χ1n) is 4.43. The van der Waals surface area contributed by atoms with Crippen molar-refractivity contribution in [3.63, 3.8) is 0 Å². The van der Waals surface area contributed by atoms with Crippen LogP contribution in [0, 0.1) is 0 Å². The van der Waals surface area contributed by atoms with E-state index in [0.717, 1.165) is 4.47 Å². The fraction of sp³-hybridized carbons (Fsp3) is 0.400. The molecule has 0 unspecified atom stereocenters. The quantitative estimate of drug-likeness (QED) is 0.873. The molecule has 84 valence electrons. The number of aliphatic hydroxyl groups excluding tert-OH is 1. The number of rotatable bonds is 4. The van der Waals surface area contributed by atoms with Gasteiger partial charge in [-0.3, -0.25) is 0 Å². The summed E-state index contributed by atoms with van der Waals surface area (Å²) in [5, 5.41) is 9.68. The molecule has 0 saturated carbocycles. The van der Waals surface area contributed by atoms with Gasteiger partial charge in [-0.1, -0.05) is 0 Å². The van der Waals surface area contributed by atoms with Crippen LogP contribution in [0.25, 0.3) is 0 Å². The monoisotopic (exact) mass is 275 g/mol. The molecule has 0 saturated heterocycles. The third-order valence-electron chi connectivity index (χ3n) is 2.09. The van der Waals surface area contributed by atoms with Crippen LogP contribution in [-0.2, 0) is 0 Å². The third kappa shape index (κ3) is 2.62. The fourth-order valence-electron chi connectivity index (χ4n) is 1.27. The van der Waals surface area contributed by atoms with Crippen molar-refractivity contribution in [2.75, 3.05) is 20.8 Å². The SMILES string of the molecule is COc1cc([C@H](O)CN)c(OC)cc1Br. The van der Waals surface area contributed by atoms with Crippen molar-refractivity contribution < 1.29 is 14.6 Å². The molecule has 0 spiro atoms. The fourth-order valence-corrected chi connectivity index (χ4v) is 1.76. The van der Waals surface area contributed by atoms with Gasteiger partial charge in [0.2, 0.25) is 0 Å². The Morgan fingerprint density at radius 3 is 2.40 bits per heavy atom. The highest BCUT2D eigenvalue weighted by molar-refractivity contribution is 9.10. The van der Waals surface area contributed by atoms with E-state index in [-0.39, 0.29) is 6.54 Å². The number of hydrogen-bond acceptors (Lipinski definition) is 4. The molecule has 0 aliphatic heterocycles. The predicted molar refractivity (Wildman–Crippen MR) is 61.3 cm³/mol. The number of benzene rings is 1. The lowest BCUT2D eigenvalue weighted by atomic mass is 10.1. The van der Waals surface area contributed by atoms with E-state index in [9.17, 15) is 5.11 Å². The Hall–Kier alpha value is -0.780. The largest absolute Gasteiger partial charge is 0.496 e. The normalized spacial score (nSPS) is 12.3. The minimum absolute atomic E-state index is 0.140. The summed E-state index contributed by atoms with van der Waals surface area (Å²) in [6.07, 6.45) is -0.748. The first kappa shape index (κ1) is 12.3. The van der Waals surface area contributed by atoms with E-state index in [1.807, 2.05) is 0 Å². The van der Waals surface area contributed by atoms with E-state index in [4.69, 9.17) is 15.2 Å². The molecule has 15 heavy (non-hydrogen) atoms. The average molecular weight is 276 g/mol. The Bertz CT molecular complexity index is 344. The smallest absolute Gasteiger partial charge is 0.133 e. The zero-order chi connectivity index (χ0) is 11.4. The second-order valence-corrected chi connectivity index (χ2v) is 3.83. The summed E-state index contributed by atoms with van der Waals surface area (Å²) < 4.78 is 11.0.